The molecule has 2 atom stereocenters. The van der Waals surface area contributed by atoms with Gasteiger partial charge < -0.3 is 14.6 Å². The van der Waals surface area contributed by atoms with Crippen molar-refractivity contribution in [1.82, 2.24) is 15.1 Å². The fourth-order valence-corrected chi connectivity index (χ4v) is 3.88. The monoisotopic (exact) mass is 398 g/mol. The predicted molar refractivity (Wildman–Crippen MR) is 102 cm³/mol. The quantitative estimate of drug-likeness (QED) is 0.707. The lowest BCUT2D eigenvalue weighted by Gasteiger charge is -2.34. The van der Waals surface area contributed by atoms with Crippen LogP contribution in [0.3, 0.4) is 0 Å². The Balaban J connectivity index is 1.30. The zero-order valence-corrected chi connectivity index (χ0v) is 15.6. The van der Waals surface area contributed by atoms with Gasteiger partial charge in [-0.05, 0) is 36.2 Å². The molecule has 1 aliphatic heterocycles. The zero-order chi connectivity index (χ0) is 20.0. The molecule has 0 spiro atoms. The number of rotatable bonds is 5. The number of nitrogens with one attached hydrogen (secondary N) is 1. The Morgan fingerprint density at radius 2 is 2.07 bits per heavy atom. The third kappa shape index (κ3) is 3.33. The van der Waals surface area contributed by atoms with Crippen molar-refractivity contribution < 1.29 is 18.0 Å². The van der Waals surface area contributed by atoms with E-state index >= 15 is 0 Å². The van der Waals surface area contributed by atoms with Gasteiger partial charge in [-0.25, -0.2) is 8.78 Å². The Hall–Kier alpha value is -3.00. The van der Waals surface area contributed by atoms with Crippen LogP contribution in [-0.2, 0) is 6.54 Å². The second kappa shape index (κ2) is 6.81. The summed E-state index contributed by atoms with van der Waals surface area (Å²) < 4.78 is 33.1. The first-order valence-corrected chi connectivity index (χ1v) is 9.62. The van der Waals surface area contributed by atoms with Gasteiger partial charge in [0.1, 0.15) is 6.04 Å². The second-order valence-corrected chi connectivity index (χ2v) is 7.48. The van der Waals surface area contributed by atoms with Crippen LogP contribution in [0.25, 0.3) is 0 Å². The Morgan fingerprint density at radius 1 is 1.24 bits per heavy atom. The van der Waals surface area contributed by atoms with Crippen molar-refractivity contribution in [2.45, 2.75) is 37.4 Å². The molecule has 1 aliphatic carbocycles. The molecule has 6 nitrogen and oxygen atoms in total. The fraction of sp³-hybridized carbons (Fsp3) is 0.333. The summed E-state index contributed by atoms with van der Waals surface area (Å²) in [6.45, 7) is 1.02. The highest BCUT2D eigenvalue weighted by Gasteiger charge is 2.59. The van der Waals surface area contributed by atoms with Crippen LogP contribution in [-0.4, -0.2) is 28.2 Å². The van der Waals surface area contributed by atoms with E-state index in [1.807, 2.05) is 24.3 Å². The van der Waals surface area contributed by atoms with E-state index in [1.165, 1.54) is 10.9 Å². The number of fused-ring (bicyclic) bond motifs is 1. The van der Waals surface area contributed by atoms with Gasteiger partial charge in [0, 0.05) is 37.4 Å². The summed E-state index contributed by atoms with van der Waals surface area (Å²) in [4.78, 5) is 14.5. The molecule has 2 unspecified atom stereocenters. The van der Waals surface area contributed by atoms with Gasteiger partial charge in [-0.15, -0.1) is 0 Å². The molecule has 0 bridgehead atoms. The molecule has 2 aliphatic rings. The summed E-state index contributed by atoms with van der Waals surface area (Å²) in [6.07, 6.45) is 3.69. The molecule has 2 aromatic heterocycles. The van der Waals surface area contributed by atoms with Gasteiger partial charge in [-0.2, -0.15) is 5.10 Å². The average molecular weight is 398 g/mol. The Labute approximate surface area is 166 Å². The van der Waals surface area contributed by atoms with E-state index in [4.69, 9.17) is 4.42 Å². The molecular weight excluding hydrogens is 378 g/mol. The first-order valence-electron chi connectivity index (χ1n) is 9.62. The lowest BCUT2D eigenvalue weighted by molar-refractivity contribution is 0.0954. The number of aromatic nitrogens is 2. The van der Waals surface area contributed by atoms with Crippen LogP contribution in [0.15, 0.2) is 59.3 Å². The lowest BCUT2D eigenvalue weighted by Crippen LogP contribution is -2.39. The van der Waals surface area contributed by atoms with E-state index in [9.17, 15) is 13.6 Å². The number of benzene rings is 1. The lowest BCUT2D eigenvalue weighted by atomic mass is 9.96. The molecule has 3 heterocycles. The molecule has 5 rings (SSSR count). The minimum atomic E-state index is -2.64. The van der Waals surface area contributed by atoms with Gasteiger partial charge in [0.2, 0.25) is 0 Å². The Kier molecular flexibility index (Phi) is 4.24. The largest absolute Gasteiger partial charge is 0.459 e. The van der Waals surface area contributed by atoms with Gasteiger partial charge in [-0.3, -0.25) is 9.48 Å². The molecule has 0 saturated heterocycles. The number of halogens is 2. The molecule has 1 saturated carbocycles. The van der Waals surface area contributed by atoms with E-state index in [0.717, 1.165) is 23.4 Å². The van der Waals surface area contributed by atoms with Gasteiger partial charge in [0.05, 0.1) is 12.0 Å². The molecule has 8 heteroatoms. The molecular formula is C21H20F2N4O2. The number of carbonyl (C=O) groups excluding carboxylic acids is 1. The minimum absolute atomic E-state index is 0.0411. The van der Waals surface area contributed by atoms with Crippen LogP contribution >= 0.6 is 0 Å². The number of para-hydroxylation sites is 1. The number of anilines is 1. The molecule has 1 aromatic carbocycles. The van der Waals surface area contributed by atoms with Crippen LogP contribution in [0.1, 0.15) is 46.7 Å². The van der Waals surface area contributed by atoms with Crippen LogP contribution in [0.2, 0.25) is 0 Å². The normalized spacial score (nSPS) is 22.3. The van der Waals surface area contributed by atoms with Crippen molar-refractivity contribution in [2.75, 3.05) is 11.4 Å². The summed E-state index contributed by atoms with van der Waals surface area (Å²) >= 11 is 0. The number of alkyl halides is 2. The van der Waals surface area contributed by atoms with Crippen LogP contribution < -0.4 is 10.2 Å². The number of hydrogen-bond donors (Lipinski definition) is 1. The number of hydrogen-bond acceptors (Lipinski definition) is 4. The van der Waals surface area contributed by atoms with Crippen molar-refractivity contribution in [1.29, 1.82) is 0 Å². The summed E-state index contributed by atoms with van der Waals surface area (Å²) in [5, 5.41) is 7.74. The van der Waals surface area contributed by atoms with Gasteiger partial charge in [0.15, 0.2) is 5.76 Å². The Bertz CT molecular complexity index is 1030. The van der Waals surface area contributed by atoms with Crippen molar-refractivity contribution in [3.05, 3.63) is 71.9 Å². The fourth-order valence-electron chi connectivity index (χ4n) is 3.88. The first-order chi connectivity index (χ1) is 14.0. The SMILES string of the molecule is O=C(c1ccco1)N1CCC(NCc2ccn(C3CC3(F)F)n2)c2ccccc21. The molecule has 0 radical (unpaired) electrons. The summed E-state index contributed by atoms with van der Waals surface area (Å²) in [5.74, 6) is -2.48. The van der Waals surface area contributed by atoms with Crippen LogP contribution in [0.4, 0.5) is 14.5 Å². The predicted octanol–water partition coefficient (Wildman–Crippen LogP) is 3.94. The first kappa shape index (κ1) is 18.1. The highest BCUT2D eigenvalue weighted by Crippen LogP contribution is 2.52. The number of furan rings is 1. The molecule has 150 valence electrons. The summed E-state index contributed by atoms with van der Waals surface area (Å²) in [6, 6.07) is 12.1. The molecule has 1 amide bonds. The van der Waals surface area contributed by atoms with Crippen molar-refractivity contribution in [3.63, 3.8) is 0 Å². The van der Waals surface area contributed by atoms with E-state index < -0.39 is 12.0 Å². The van der Waals surface area contributed by atoms with Gasteiger partial charge in [0.25, 0.3) is 11.8 Å². The number of nitrogens with zero attached hydrogens (tertiary/aromatic N) is 3. The van der Waals surface area contributed by atoms with E-state index in [2.05, 4.69) is 10.4 Å². The molecule has 1 fully saturated rings. The summed E-state index contributed by atoms with van der Waals surface area (Å²) in [5.41, 5.74) is 2.59. The van der Waals surface area contributed by atoms with E-state index in [0.29, 0.717) is 18.8 Å². The van der Waals surface area contributed by atoms with Crippen LogP contribution in [0, 0.1) is 0 Å². The topological polar surface area (TPSA) is 63.3 Å². The van der Waals surface area contributed by atoms with Crippen LogP contribution in [0.5, 0.6) is 0 Å². The third-order valence-electron chi connectivity index (χ3n) is 5.53. The molecule has 1 N–H and O–H groups in total. The van der Waals surface area contributed by atoms with E-state index in [-0.39, 0.29) is 18.4 Å². The van der Waals surface area contributed by atoms with Crippen molar-refractivity contribution >= 4 is 11.6 Å². The number of carbonyl (C=O) groups is 1. The van der Waals surface area contributed by atoms with E-state index in [1.54, 1.807) is 29.3 Å². The van der Waals surface area contributed by atoms with Crippen molar-refractivity contribution in [2.24, 2.45) is 0 Å². The maximum Gasteiger partial charge on any atom is 0.293 e. The Morgan fingerprint density at radius 3 is 2.83 bits per heavy atom. The molecule has 29 heavy (non-hydrogen) atoms. The van der Waals surface area contributed by atoms with Gasteiger partial charge >= 0.3 is 0 Å². The smallest absolute Gasteiger partial charge is 0.293 e. The standard InChI is InChI=1S/C21H20F2N4O2/c22-21(23)12-19(21)27-10-7-14(25-27)13-24-16-8-9-26(17-5-2-1-4-15(16)17)20(28)18-6-3-11-29-18/h1-7,10-11,16,19,24H,8-9,12-13H2. The second-order valence-electron chi connectivity index (χ2n) is 7.48. The molecule has 3 aromatic rings. The highest BCUT2D eigenvalue weighted by atomic mass is 19.3. The number of amides is 1. The minimum Gasteiger partial charge on any atom is -0.459 e. The van der Waals surface area contributed by atoms with Crippen molar-refractivity contribution in [3.8, 4) is 0 Å². The average Bonchev–Trinajstić information content (AvgIpc) is 3.17. The maximum absolute atomic E-state index is 13.2. The maximum atomic E-state index is 13.2. The third-order valence-corrected chi connectivity index (χ3v) is 5.53. The zero-order valence-electron chi connectivity index (χ0n) is 15.6. The summed E-state index contributed by atoms with van der Waals surface area (Å²) in [7, 11) is 0. The highest BCUT2D eigenvalue weighted by molar-refractivity contribution is 6.05. The van der Waals surface area contributed by atoms with Gasteiger partial charge in [-0.1, -0.05) is 18.2 Å².